The van der Waals surface area contributed by atoms with Gasteiger partial charge in [0.15, 0.2) is 11.9 Å². The Balaban J connectivity index is 0. The molecule has 3 unspecified atom stereocenters. The van der Waals surface area contributed by atoms with E-state index in [1.165, 1.54) is 12.8 Å². The van der Waals surface area contributed by atoms with Crippen molar-refractivity contribution in [2.75, 3.05) is 0 Å². The molecule has 36 heavy (non-hydrogen) atoms. The van der Waals surface area contributed by atoms with E-state index in [9.17, 15) is 39.5 Å². The first-order valence-electron chi connectivity index (χ1n) is 12.0. The van der Waals surface area contributed by atoms with Gasteiger partial charge in [-0.05, 0) is 19.3 Å². The fraction of sp³-hybridized carbons (Fsp3) is 0.818. The van der Waals surface area contributed by atoms with Crippen molar-refractivity contribution in [1.82, 2.24) is 0 Å². The van der Waals surface area contributed by atoms with Crippen LogP contribution in [-0.4, -0.2) is 50.5 Å². The molecule has 0 aromatic carbocycles. The minimum atomic E-state index is -5.35. The average molecular weight is 554 g/mol. The zero-order valence-corrected chi connectivity index (χ0v) is 26.3. The number of carboxylic acid groups (broad SMARTS) is 1. The van der Waals surface area contributed by atoms with Gasteiger partial charge in [-0.2, -0.15) is 0 Å². The summed E-state index contributed by atoms with van der Waals surface area (Å²) >= 11 is 0. The van der Waals surface area contributed by atoms with Crippen LogP contribution in [0.1, 0.15) is 96.3 Å². The third kappa shape index (κ3) is 17.0. The fourth-order valence-electron chi connectivity index (χ4n) is 3.83. The number of ether oxygens (including phenoxy) is 1. The Labute approximate surface area is 256 Å². The second-order valence-electron chi connectivity index (χ2n) is 8.66. The number of esters is 1. The standard InChI is InChI=1S/C22H39O11P.2Na/c23-16(18(26)20-19(27)21(22(28)32-20)33-34(29,30)31)14-12-10-8-6-4-2-1-3-5-7-9-11-13-15-17(24)25;;/h16,18,20,23,26-27H,1-15H2,(H,24,25)(H2,29,30,31);;/q;2*+1/p-2/t16?,18-,20?;;/m0../s1. The number of carbonyl (C=O) groups is 2. The van der Waals surface area contributed by atoms with Crippen molar-refractivity contribution in [3.8, 4) is 0 Å². The van der Waals surface area contributed by atoms with Crippen molar-refractivity contribution < 1.29 is 113 Å². The number of carbonyl (C=O) groups excluding carboxylic acids is 2. The Morgan fingerprint density at radius 1 is 0.917 bits per heavy atom. The SMILES string of the molecule is O=C([O-])CCCCCCCCCCCCCCCC(O)[C@H](O)C1OC(=O)C(OP(=O)([O-])O)=C1O.[Na+].[Na+]. The molecular formula is C22H37Na2O11P. The molecule has 0 aromatic rings. The van der Waals surface area contributed by atoms with Crippen LogP contribution in [0.5, 0.6) is 0 Å². The summed E-state index contributed by atoms with van der Waals surface area (Å²) < 4.78 is 19.4. The molecule has 0 spiro atoms. The van der Waals surface area contributed by atoms with E-state index in [1.54, 1.807) is 0 Å². The maximum absolute atomic E-state index is 11.6. The monoisotopic (exact) mass is 554 g/mol. The van der Waals surface area contributed by atoms with Crippen LogP contribution in [0.2, 0.25) is 0 Å². The molecule has 0 saturated carbocycles. The summed E-state index contributed by atoms with van der Waals surface area (Å²) in [6.45, 7) is 0. The molecule has 0 aliphatic carbocycles. The van der Waals surface area contributed by atoms with Gasteiger partial charge in [0.2, 0.25) is 0 Å². The van der Waals surface area contributed by atoms with Crippen molar-refractivity contribution in [2.24, 2.45) is 0 Å². The van der Waals surface area contributed by atoms with Gasteiger partial charge in [-0.25, -0.2) is 4.79 Å². The molecular weight excluding hydrogens is 517 g/mol. The Hall–Kier alpha value is 0.350. The van der Waals surface area contributed by atoms with Crippen molar-refractivity contribution in [3.05, 3.63) is 11.5 Å². The van der Waals surface area contributed by atoms with Gasteiger partial charge in [-0.1, -0.05) is 77.0 Å². The molecule has 4 atom stereocenters. The number of phosphoric ester groups is 1. The van der Waals surface area contributed by atoms with Crippen LogP contribution in [-0.2, 0) is 23.4 Å². The zero-order chi connectivity index (χ0) is 25.6. The molecule has 1 rings (SSSR count). The van der Waals surface area contributed by atoms with E-state index in [0.29, 0.717) is 12.8 Å². The van der Waals surface area contributed by atoms with Crippen LogP contribution in [0.4, 0.5) is 0 Å². The maximum Gasteiger partial charge on any atom is 1.00 e. The molecule has 0 amide bonds. The van der Waals surface area contributed by atoms with Gasteiger partial charge < -0.3 is 44.3 Å². The van der Waals surface area contributed by atoms with Crippen molar-refractivity contribution in [3.63, 3.8) is 0 Å². The number of aliphatic hydroxyl groups excluding tert-OH is 3. The third-order valence-corrected chi connectivity index (χ3v) is 6.13. The van der Waals surface area contributed by atoms with Gasteiger partial charge in [0.25, 0.3) is 5.76 Å². The number of hydrogen-bond acceptors (Lipinski definition) is 10. The average Bonchev–Trinajstić information content (AvgIpc) is 3.02. The minimum absolute atomic E-state index is 0. The number of aliphatic carboxylic acids is 1. The van der Waals surface area contributed by atoms with Crippen LogP contribution in [0, 0.1) is 0 Å². The van der Waals surface area contributed by atoms with Gasteiger partial charge in [0, 0.05) is 5.97 Å². The molecule has 198 valence electrons. The van der Waals surface area contributed by atoms with Gasteiger partial charge in [0.05, 0.1) is 6.10 Å². The molecule has 1 aliphatic heterocycles. The predicted molar refractivity (Wildman–Crippen MR) is 117 cm³/mol. The summed E-state index contributed by atoms with van der Waals surface area (Å²) in [6.07, 6.45) is 8.75. The van der Waals surface area contributed by atoms with E-state index in [-0.39, 0.29) is 72.0 Å². The molecule has 4 N–H and O–H groups in total. The smallest absolute Gasteiger partial charge is 0.746 e. The summed E-state index contributed by atoms with van der Waals surface area (Å²) in [4.78, 5) is 41.3. The van der Waals surface area contributed by atoms with Crippen LogP contribution in [0.25, 0.3) is 0 Å². The van der Waals surface area contributed by atoms with Crippen LogP contribution < -0.4 is 69.1 Å². The molecule has 11 nitrogen and oxygen atoms in total. The summed E-state index contributed by atoms with van der Waals surface area (Å²) in [5, 5.41) is 40.4. The number of rotatable bonds is 20. The molecule has 1 heterocycles. The fourth-order valence-corrected chi connectivity index (χ4v) is 4.23. The second-order valence-corrected chi connectivity index (χ2v) is 9.78. The minimum Gasteiger partial charge on any atom is -0.746 e. The first-order valence-corrected chi connectivity index (χ1v) is 13.5. The summed E-state index contributed by atoms with van der Waals surface area (Å²) in [5.74, 6) is -4.48. The first-order chi connectivity index (χ1) is 16.0. The van der Waals surface area contributed by atoms with Gasteiger partial charge in [-0.3, -0.25) is 4.57 Å². The number of aliphatic hydroxyl groups is 3. The number of unbranched alkanes of at least 4 members (excludes halogenated alkanes) is 12. The van der Waals surface area contributed by atoms with E-state index in [0.717, 1.165) is 57.8 Å². The molecule has 1 aliphatic rings. The van der Waals surface area contributed by atoms with Gasteiger partial charge in [-0.15, -0.1) is 0 Å². The number of carboxylic acids is 1. The Morgan fingerprint density at radius 2 is 1.33 bits per heavy atom. The van der Waals surface area contributed by atoms with Crippen LogP contribution >= 0.6 is 7.82 Å². The van der Waals surface area contributed by atoms with Gasteiger partial charge >= 0.3 is 72.9 Å². The number of phosphoric acid groups is 1. The Kier molecular flexibility index (Phi) is 22.7. The summed E-state index contributed by atoms with van der Waals surface area (Å²) in [7, 11) is -5.35. The van der Waals surface area contributed by atoms with Crippen molar-refractivity contribution in [2.45, 2.75) is 115 Å². The maximum atomic E-state index is 11.6. The Bertz CT molecular complexity index is 714. The van der Waals surface area contributed by atoms with E-state index in [1.807, 2.05) is 0 Å². The Morgan fingerprint density at radius 3 is 1.75 bits per heavy atom. The summed E-state index contributed by atoms with van der Waals surface area (Å²) in [6, 6.07) is 0. The molecule has 0 aromatic heterocycles. The zero-order valence-electron chi connectivity index (χ0n) is 21.4. The molecule has 14 heteroatoms. The largest absolute Gasteiger partial charge is 1.00 e. The topological polar surface area (TPSA) is 197 Å². The van der Waals surface area contributed by atoms with Gasteiger partial charge in [0.1, 0.15) is 6.10 Å². The van der Waals surface area contributed by atoms with Crippen molar-refractivity contribution in [1.29, 1.82) is 0 Å². The molecule has 0 radical (unpaired) electrons. The number of cyclic esters (lactones) is 1. The van der Waals surface area contributed by atoms with E-state index in [2.05, 4.69) is 9.26 Å². The number of hydrogen-bond donors (Lipinski definition) is 4. The molecule has 0 saturated heterocycles. The summed E-state index contributed by atoms with van der Waals surface area (Å²) in [5.41, 5.74) is 0. The first kappa shape index (κ1) is 38.5. The second kappa shape index (κ2) is 21.2. The van der Waals surface area contributed by atoms with Crippen molar-refractivity contribution >= 4 is 19.8 Å². The van der Waals surface area contributed by atoms with Crippen LogP contribution in [0.3, 0.4) is 0 Å². The normalized spacial score (nSPS) is 18.4. The van der Waals surface area contributed by atoms with E-state index < -0.39 is 49.6 Å². The van der Waals surface area contributed by atoms with E-state index >= 15 is 0 Å². The predicted octanol–water partition coefficient (Wildman–Crippen LogP) is -4.51. The third-order valence-electron chi connectivity index (χ3n) is 5.71. The van der Waals surface area contributed by atoms with Crippen LogP contribution in [0.15, 0.2) is 11.5 Å². The quantitative estimate of drug-likeness (QED) is 0.0490. The van der Waals surface area contributed by atoms with E-state index in [4.69, 9.17) is 4.89 Å². The molecule has 0 fully saturated rings. The molecule has 0 bridgehead atoms.